The van der Waals surface area contributed by atoms with E-state index in [1.807, 2.05) is 13.0 Å². The van der Waals surface area contributed by atoms with E-state index in [2.05, 4.69) is 38.3 Å². The van der Waals surface area contributed by atoms with Gasteiger partial charge in [-0.2, -0.15) is 0 Å². The third-order valence-electron chi connectivity index (χ3n) is 2.66. The fourth-order valence-electron chi connectivity index (χ4n) is 1.71. The molecule has 3 rings (SSSR count). The van der Waals surface area contributed by atoms with E-state index in [9.17, 15) is 0 Å². The quantitative estimate of drug-likeness (QED) is 0.841. The van der Waals surface area contributed by atoms with Crippen LogP contribution >= 0.6 is 15.9 Å². The summed E-state index contributed by atoms with van der Waals surface area (Å²) in [5.74, 6) is 1.91. The second kappa shape index (κ2) is 3.70. The van der Waals surface area contributed by atoms with Crippen LogP contribution in [-0.4, -0.2) is 10.2 Å². The Kier molecular flexibility index (Phi) is 2.32. The summed E-state index contributed by atoms with van der Waals surface area (Å²) in [4.78, 5) is 0. The Morgan fingerprint density at radius 1 is 1.25 bits per heavy atom. The van der Waals surface area contributed by atoms with Gasteiger partial charge in [-0.05, 0) is 43.5 Å². The lowest BCUT2D eigenvalue weighted by Gasteiger charge is -1.98. The Hall–Kier alpha value is -1.16. The maximum Gasteiger partial charge on any atom is 0.247 e. The van der Waals surface area contributed by atoms with Gasteiger partial charge in [-0.15, -0.1) is 10.2 Å². The third kappa shape index (κ3) is 1.89. The Labute approximate surface area is 102 Å². The Balaban J connectivity index is 2.00. The highest BCUT2D eigenvalue weighted by molar-refractivity contribution is 9.10. The Morgan fingerprint density at radius 2 is 2.06 bits per heavy atom. The van der Waals surface area contributed by atoms with Crippen LogP contribution in [0.15, 0.2) is 27.1 Å². The van der Waals surface area contributed by atoms with Gasteiger partial charge >= 0.3 is 0 Å². The van der Waals surface area contributed by atoms with E-state index in [1.54, 1.807) is 0 Å². The van der Waals surface area contributed by atoms with Crippen molar-refractivity contribution in [2.24, 2.45) is 0 Å². The predicted octanol–water partition coefficient (Wildman–Crippen LogP) is 3.68. The smallest absolute Gasteiger partial charge is 0.247 e. The van der Waals surface area contributed by atoms with Crippen LogP contribution in [0.25, 0.3) is 11.5 Å². The first kappa shape index (κ1) is 10.0. The standard InChI is InChI=1S/C12H11BrN2O/c1-7-4-9(6-10(13)5-7)12-15-14-11(16-12)8-2-3-8/h4-6,8H,2-3H2,1H3. The normalized spacial score (nSPS) is 15.4. The summed E-state index contributed by atoms with van der Waals surface area (Å²) in [7, 11) is 0. The van der Waals surface area contributed by atoms with Crippen LogP contribution in [0.2, 0.25) is 0 Å². The second-order valence-corrected chi connectivity index (χ2v) is 5.15. The Bertz CT molecular complexity index is 511. The zero-order valence-electron chi connectivity index (χ0n) is 8.90. The number of rotatable bonds is 2. The summed E-state index contributed by atoms with van der Waals surface area (Å²) >= 11 is 3.47. The van der Waals surface area contributed by atoms with E-state index in [-0.39, 0.29) is 0 Å². The molecule has 3 nitrogen and oxygen atoms in total. The average Bonchev–Trinajstić information content (AvgIpc) is 2.95. The zero-order valence-corrected chi connectivity index (χ0v) is 10.5. The van der Waals surface area contributed by atoms with Crippen molar-refractivity contribution >= 4 is 15.9 Å². The number of nitrogens with zero attached hydrogens (tertiary/aromatic N) is 2. The summed E-state index contributed by atoms with van der Waals surface area (Å²) in [5, 5.41) is 8.17. The van der Waals surface area contributed by atoms with Gasteiger partial charge in [0.2, 0.25) is 11.8 Å². The fraction of sp³-hybridized carbons (Fsp3) is 0.333. The molecule has 0 saturated heterocycles. The van der Waals surface area contributed by atoms with Crippen molar-refractivity contribution < 1.29 is 4.42 Å². The first-order valence-corrected chi connectivity index (χ1v) is 6.12. The highest BCUT2D eigenvalue weighted by Gasteiger charge is 2.29. The van der Waals surface area contributed by atoms with E-state index in [1.165, 1.54) is 18.4 Å². The van der Waals surface area contributed by atoms with Crippen LogP contribution in [0.5, 0.6) is 0 Å². The molecule has 0 N–H and O–H groups in total. The van der Waals surface area contributed by atoms with Crippen molar-refractivity contribution in [2.45, 2.75) is 25.7 Å². The molecule has 1 aliphatic carbocycles. The van der Waals surface area contributed by atoms with Crippen molar-refractivity contribution in [3.8, 4) is 11.5 Å². The highest BCUT2D eigenvalue weighted by Crippen LogP contribution is 2.40. The molecule has 1 fully saturated rings. The SMILES string of the molecule is Cc1cc(Br)cc(-c2nnc(C3CC3)o2)c1. The fourth-order valence-corrected chi connectivity index (χ4v) is 2.31. The van der Waals surface area contributed by atoms with Gasteiger partial charge in [0.05, 0.1) is 0 Å². The first-order chi connectivity index (χ1) is 7.72. The molecule has 1 aliphatic rings. The maximum atomic E-state index is 5.66. The minimum atomic E-state index is 0.509. The van der Waals surface area contributed by atoms with Crippen LogP contribution in [0.1, 0.15) is 30.2 Å². The summed E-state index contributed by atoms with van der Waals surface area (Å²) in [6.07, 6.45) is 2.36. The number of halogens is 1. The lowest BCUT2D eigenvalue weighted by Crippen LogP contribution is -1.80. The molecule has 1 saturated carbocycles. The zero-order chi connectivity index (χ0) is 11.1. The van der Waals surface area contributed by atoms with Crippen molar-refractivity contribution in [2.75, 3.05) is 0 Å². The van der Waals surface area contributed by atoms with Gasteiger partial charge in [0, 0.05) is 16.0 Å². The van der Waals surface area contributed by atoms with Crippen molar-refractivity contribution in [1.82, 2.24) is 10.2 Å². The number of hydrogen-bond acceptors (Lipinski definition) is 3. The summed E-state index contributed by atoms with van der Waals surface area (Å²) < 4.78 is 6.70. The van der Waals surface area contributed by atoms with Crippen LogP contribution in [0.4, 0.5) is 0 Å². The highest BCUT2D eigenvalue weighted by atomic mass is 79.9. The van der Waals surface area contributed by atoms with Crippen LogP contribution in [-0.2, 0) is 0 Å². The molecule has 0 bridgehead atoms. The third-order valence-corrected chi connectivity index (χ3v) is 3.11. The van der Waals surface area contributed by atoms with Crippen molar-refractivity contribution in [3.05, 3.63) is 34.1 Å². The van der Waals surface area contributed by atoms with Gasteiger partial charge in [0.25, 0.3) is 0 Å². The molecular formula is C12H11BrN2O. The number of aromatic nitrogens is 2. The van der Waals surface area contributed by atoms with Crippen LogP contribution in [0.3, 0.4) is 0 Å². The second-order valence-electron chi connectivity index (χ2n) is 4.24. The van der Waals surface area contributed by atoms with E-state index in [4.69, 9.17) is 4.42 Å². The lowest BCUT2D eigenvalue weighted by atomic mass is 10.1. The molecule has 0 amide bonds. The number of benzene rings is 1. The topological polar surface area (TPSA) is 38.9 Å². The minimum absolute atomic E-state index is 0.509. The molecule has 1 aromatic heterocycles. The van der Waals surface area contributed by atoms with E-state index in [0.29, 0.717) is 11.8 Å². The molecule has 0 spiro atoms. The molecule has 4 heteroatoms. The molecule has 0 radical (unpaired) electrons. The maximum absolute atomic E-state index is 5.66. The van der Waals surface area contributed by atoms with Crippen LogP contribution < -0.4 is 0 Å². The number of aryl methyl sites for hydroxylation is 1. The molecule has 1 heterocycles. The summed E-state index contributed by atoms with van der Waals surface area (Å²) in [5.41, 5.74) is 2.15. The summed E-state index contributed by atoms with van der Waals surface area (Å²) in [6, 6.07) is 6.10. The molecule has 0 unspecified atom stereocenters. The van der Waals surface area contributed by atoms with Gasteiger partial charge in [-0.25, -0.2) is 0 Å². The molecule has 2 aromatic rings. The first-order valence-electron chi connectivity index (χ1n) is 5.33. The minimum Gasteiger partial charge on any atom is -0.420 e. The molecule has 0 aliphatic heterocycles. The van der Waals surface area contributed by atoms with Gasteiger partial charge in [-0.3, -0.25) is 0 Å². The average molecular weight is 279 g/mol. The molecule has 0 atom stereocenters. The lowest BCUT2D eigenvalue weighted by molar-refractivity contribution is 0.508. The van der Waals surface area contributed by atoms with E-state index in [0.717, 1.165) is 15.9 Å². The van der Waals surface area contributed by atoms with E-state index >= 15 is 0 Å². The molecule has 82 valence electrons. The van der Waals surface area contributed by atoms with E-state index < -0.39 is 0 Å². The predicted molar refractivity (Wildman–Crippen MR) is 64.1 cm³/mol. The largest absolute Gasteiger partial charge is 0.420 e. The van der Waals surface area contributed by atoms with Crippen molar-refractivity contribution in [3.63, 3.8) is 0 Å². The van der Waals surface area contributed by atoms with Crippen molar-refractivity contribution in [1.29, 1.82) is 0 Å². The summed E-state index contributed by atoms with van der Waals surface area (Å²) in [6.45, 7) is 2.05. The van der Waals surface area contributed by atoms with Gasteiger partial charge in [0.15, 0.2) is 0 Å². The van der Waals surface area contributed by atoms with Crippen LogP contribution in [0, 0.1) is 6.92 Å². The molecule has 1 aromatic carbocycles. The molecule has 16 heavy (non-hydrogen) atoms. The monoisotopic (exact) mass is 278 g/mol. The van der Waals surface area contributed by atoms with Gasteiger partial charge in [0.1, 0.15) is 0 Å². The molecular weight excluding hydrogens is 268 g/mol. The van der Waals surface area contributed by atoms with Gasteiger partial charge < -0.3 is 4.42 Å². The van der Waals surface area contributed by atoms with Gasteiger partial charge in [-0.1, -0.05) is 15.9 Å². The number of hydrogen-bond donors (Lipinski definition) is 0. The Morgan fingerprint density at radius 3 is 2.75 bits per heavy atom.